The first-order chi connectivity index (χ1) is 12.6. The molecule has 1 amide bonds. The van der Waals surface area contributed by atoms with E-state index in [-0.39, 0.29) is 11.8 Å². The van der Waals surface area contributed by atoms with Gasteiger partial charge in [0.05, 0.1) is 6.04 Å². The summed E-state index contributed by atoms with van der Waals surface area (Å²) in [5, 5.41) is 2.99. The second kappa shape index (κ2) is 9.49. The lowest BCUT2D eigenvalue weighted by molar-refractivity contribution is -0.124. The molecule has 0 bridgehead atoms. The maximum Gasteiger partial charge on any atom is 0.237 e. The zero-order valence-corrected chi connectivity index (χ0v) is 16.0. The molecule has 2 heterocycles. The number of benzene rings is 1. The summed E-state index contributed by atoms with van der Waals surface area (Å²) >= 11 is 0. The van der Waals surface area contributed by atoms with Crippen LogP contribution < -0.4 is 11.1 Å². The number of hydrogen-bond donors (Lipinski definition) is 2. The SMILES string of the molecule is CC1CCCCN1Cc1ccc(CNC(=O)C(N)C2CCOCC2)cc1. The minimum absolute atomic E-state index is 0.0527. The average Bonchev–Trinajstić information content (AvgIpc) is 2.69. The lowest BCUT2D eigenvalue weighted by Gasteiger charge is -2.33. The number of ether oxygens (including phenoxy) is 1. The molecule has 0 spiro atoms. The molecule has 2 aliphatic rings. The Bertz CT molecular complexity index is 569. The molecule has 1 aromatic rings. The summed E-state index contributed by atoms with van der Waals surface area (Å²) < 4.78 is 5.34. The van der Waals surface area contributed by atoms with Gasteiger partial charge in [-0.2, -0.15) is 0 Å². The third-order valence-corrected chi connectivity index (χ3v) is 5.89. The molecular weight excluding hydrogens is 326 g/mol. The number of rotatable bonds is 6. The Kier molecular flexibility index (Phi) is 7.06. The van der Waals surface area contributed by atoms with Crippen LogP contribution in [0.1, 0.15) is 50.2 Å². The minimum atomic E-state index is -0.432. The van der Waals surface area contributed by atoms with E-state index in [1.54, 1.807) is 0 Å². The van der Waals surface area contributed by atoms with Crippen LogP contribution in [0.2, 0.25) is 0 Å². The third kappa shape index (κ3) is 5.29. The second-order valence-corrected chi connectivity index (χ2v) is 7.83. The van der Waals surface area contributed by atoms with E-state index in [1.807, 2.05) is 0 Å². The second-order valence-electron chi connectivity index (χ2n) is 7.83. The topological polar surface area (TPSA) is 67.6 Å². The summed E-state index contributed by atoms with van der Waals surface area (Å²) in [5.41, 5.74) is 8.58. The predicted octanol–water partition coefficient (Wildman–Crippen LogP) is 2.43. The number of likely N-dealkylation sites (tertiary alicyclic amines) is 1. The highest BCUT2D eigenvalue weighted by Gasteiger charge is 2.26. The van der Waals surface area contributed by atoms with Crippen LogP contribution in [-0.4, -0.2) is 42.6 Å². The molecule has 3 N–H and O–H groups in total. The zero-order valence-electron chi connectivity index (χ0n) is 16.0. The van der Waals surface area contributed by atoms with Gasteiger partial charge in [-0.1, -0.05) is 30.7 Å². The summed E-state index contributed by atoms with van der Waals surface area (Å²) in [5.74, 6) is 0.181. The summed E-state index contributed by atoms with van der Waals surface area (Å²) in [6.45, 7) is 6.50. The number of carbonyl (C=O) groups is 1. The van der Waals surface area contributed by atoms with E-state index in [0.29, 0.717) is 25.8 Å². The van der Waals surface area contributed by atoms with Gasteiger partial charge in [0.15, 0.2) is 0 Å². The van der Waals surface area contributed by atoms with Crippen LogP contribution >= 0.6 is 0 Å². The number of nitrogens with two attached hydrogens (primary N) is 1. The van der Waals surface area contributed by atoms with Gasteiger partial charge in [-0.05, 0) is 56.2 Å². The Morgan fingerprint density at radius 2 is 1.88 bits per heavy atom. The van der Waals surface area contributed by atoms with Crippen LogP contribution in [0.15, 0.2) is 24.3 Å². The van der Waals surface area contributed by atoms with Gasteiger partial charge in [0.25, 0.3) is 0 Å². The molecule has 2 unspecified atom stereocenters. The van der Waals surface area contributed by atoms with Crippen LogP contribution in [0, 0.1) is 5.92 Å². The van der Waals surface area contributed by atoms with Crippen molar-refractivity contribution >= 4 is 5.91 Å². The molecule has 2 aliphatic heterocycles. The monoisotopic (exact) mass is 359 g/mol. The molecule has 26 heavy (non-hydrogen) atoms. The Morgan fingerprint density at radius 3 is 2.58 bits per heavy atom. The van der Waals surface area contributed by atoms with Crippen LogP contribution in [-0.2, 0) is 22.6 Å². The average molecular weight is 360 g/mol. The number of piperidine rings is 1. The van der Waals surface area contributed by atoms with Gasteiger partial charge in [0.1, 0.15) is 0 Å². The number of carbonyl (C=O) groups excluding carboxylic acids is 1. The van der Waals surface area contributed by atoms with E-state index in [9.17, 15) is 4.79 Å². The fourth-order valence-corrected chi connectivity index (χ4v) is 3.99. The van der Waals surface area contributed by atoms with E-state index in [2.05, 4.69) is 41.4 Å². The van der Waals surface area contributed by atoms with E-state index in [0.717, 1.165) is 24.9 Å². The van der Waals surface area contributed by atoms with E-state index in [1.165, 1.54) is 31.4 Å². The maximum atomic E-state index is 12.3. The molecule has 5 heteroatoms. The zero-order chi connectivity index (χ0) is 18.4. The molecule has 3 rings (SSSR count). The van der Waals surface area contributed by atoms with Gasteiger partial charge in [-0.15, -0.1) is 0 Å². The van der Waals surface area contributed by atoms with Gasteiger partial charge in [0, 0.05) is 32.3 Å². The number of hydrogen-bond acceptors (Lipinski definition) is 4. The molecule has 0 radical (unpaired) electrons. The molecule has 144 valence electrons. The highest BCUT2D eigenvalue weighted by molar-refractivity contribution is 5.81. The quantitative estimate of drug-likeness (QED) is 0.819. The standard InChI is InChI=1S/C21H33N3O2/c1-16-4-2-3-11-24(16)15-18-7-5-17(6-8-18)14-23-21(25)20(22)19-9-12-26-13-10-19/h5-8,16,19-20H,2-4,9-15,22H2,1H3,(H,23,25). The van der Waals surface area contributed by atoms with Crippen molar-refractivity contribution in [3.8, 4) is 0 Å². The normalized spacial score (nSPS) is 23.5. The number of nitrogens with one attached hydrogen (secondary N) is 1. The molecular formula is C21H33N3O2. The molecule has 2 saturated heterocycles. The molecule has 0 saturated carbocycles. The van der Waals surface area contributed by atoms with Crippen LogP contribution in [0.3, 0.4) is 0 Å². The van der Waals surface area contributed by atoms with Crippen LogP contribution in [0.5, 0.6) is 0 Å². The fourth-order valence-electron chi connectivity index (χ4n) is 3.99. The lowest BCUT2D eigenvalue weighted by atomic mass is 9.92. The number of amides is 1. The summed E-state index contributed by atoms with van der Waals surface area (Å²) in [6.07, 6.45) is 5.71. The first-order valence-electron chi connectivity index (χ1n) is 10.1. The Hall–Kier alpha value is -1.43. The van der Waals surface area contributed by atoms with Crippen molar-refractivity contribution in [2.75, 3.05) is 19.8 Å². The van der Waals surface area contributed by atoms with Crippen LogP contribution in [0.25, 0.3) is 0 Å². The predicted molar refractivity (Wildman–Crippen MR) is 104 cm³/mol. The molecule has 1 aromatic carbocycles. The van der Waals surface area contributed by atoms with Gasteiger partial charge >= 0.3 is 0 Å². The van der Waals surface area contributed by atoms with E-state index < -0.39 is 6.04 Å². The van der Waals surface area contributed by atoms with Crippen molar-refractivity contribution in [2.24, 2.45) is 11.7 Å². The Balaban J connectivity index is 1.45. The minimum Gasteiger partial charge on any atom is -0.381 e. The van der Waals surface area contributed by atoms with Crippen molar-refractivity contribution in [1.29, 1.82) is 0 Å². The summed E-state index contributed by atoms with van der Waals surface area (Å²) in [4.78, 5) is 14.9. The first-order valence-corrected chi connectivity index (χ1v) is 10.1. The first kappa shape index (κ1) is 19.3. The summed E-state index contributed by atoms with van der Waals surface area (Å²) in [7, 11) is 0. The fraction of sp³-hybridized carbons (Fsp3) is 0.667. The third-order valence-electron chi connectivity index (χ3n) is 5.89. The largest absolute Gasteiger partial charge is 0.381 e. The molecule has 2 atom stereocenters. The molecule has 0 aliphatic carbocycles. The molecule has 5 nitrogen and oxygen atoms in total. The van der Waals surface area contributed by atoms with Crippen molar-refractivity contribution in [3.05, 3.63) is 35.4 Å². The van der Waals surface area contributed by atoms with E-state index in [4.69, 9.17) is 10.5 Å². The van der Waals surface area contributed by atoms with Gasteiger partial charge in [-0.25, -0.2) is 0 Å². The van der Waals surface area contributed by atoms with Crippen molar-refractivity contribution in [3.63, 3.8) is 0 Å². The van der Waals surface area contributed by atoms with Crippen molar-refractivity contribution in [2.45, 2.75) is 64.2 Å². The van der Waals surface area contributed by atoms with Gasteiger partial charge in [0.2, 0.25) is 5.91 Å². The van der Waals surface area contributed by atoms with Crippen molar-refractivity contribution in [1.82, 2.24) is 10.2 Å². The molecule has 2 fully saturated rings. The van der Waals surface area contributed by atoms with Crippen molar-refractivity contribution < 1.29 is 9.53 Å². The van der Waals surface area contributed by atoms with Gasteiger partial charge < -0.3 is 15.8 Å². The molecule has 0 aromatic heterocycles. The van der Waals surface area contributed by atoms with Gasteiger partial charge in [-0.3, -0.25) is 9.69 Å². The Labute approximate surface area is 157 Å². The lowest BCUT2D eigenvalue weighted by Crippen LogP contribution is -2.46. The smallest absolute Gasteiger partial charge is 0.237 e. The number of nitrogens with zero attached hydrogens (tertiary/aromatic N) is 1. The maximum absolute atomic E-state index is 12.3. The van der Waals surface area contributed by atoms with E-state index >= 15 is 0 Å². The summed E-state index contributed by atoms with van der Waals surface area (Å²) in [6, 6.07) is 8.84. The highest BCUT2D eigenvalue weighted by Crippen LogP contribution is 2.20. The Morgan fingerprint density at radius 1 is 1.19 bits per heavy atom. The van der Waals surface area contributed by atoms with Crippen LogP contribution in [0.4, 0.5) is 0 Å². The highest BCUT2D eigenvalue weighted by atomic mass is 16.5.